The van der Waals surface area contributed by atoms with Crippen LogP contribution in [0, 0.1) is 0 Å². The van der Waals surface area contributed by atoms with Crippen molar-refractivity contribution < 1.29 is 8.83 Å². The molecule has 0 atom stereocenters. The van der Waals surface area contributed by atoms with Crippen LogP contribution in [0.5, 0.6) is 0 Å². The number of rotatable bonds is 5. The van der Waals surface area contributed by atoms with Crippen molar-refractivity contribution in [1.82, 2.24) is 0 Å². The van der Waals surface area contributed by atoms with Crippen molar-refractivity contribution in [2.75, 3.05) is 0 Å². The van der Waals surface area contributed by atoms with E-state index in [1.54, 1.807) is 0 Å². The lowest BCUT2D eigenvalue weighted by atomic mass is 9.83. The van der Waals surface area contributed by atoms with Gasteiger partial charge in [-0.25, -0.2) is 0 Å². The minimum Gasteiger partial charge on any atom is -0.456 e. The van der Waals surface area contributed by atoms with Crippen molar-refractivity contribution in [3.8, 4) is 22.3 Å². The van der Waals surface area contributed by atoms with Crippen LogP contribution in [0.15, 0.2) is 148 Å². The minimum absolute atomic E-state index is 0.844. The van der Waals surface area contributed by atoms with Gasteiger partial charge in [0.25, 0.3) is 0 Å². The van der Waals surface area contributed by atoms with Gasteiger partial charge in [0.15, 0.2) is 0 Å². The molecule has 0 aliphatic rings. The van der Waals surface area contributed by atoms with Crippen molar-refractivity contribution in [3.05, 3.63) is 145 Å². The number of benzene rings is 8. The van der Waals surface area contributed by atoms with Crippen LogP contribution in [-0.4, -0.2) is 0 Å². The van der Waals surface area contributed by atoms with Crippen LogP contribution >= 0.6 is 0 Å². The van der Waals surface area contributed by atoms with Crippen molar-refractivity contribution in [2.24, 2.45) is 0 Å². The largest absolute Gasteiger partial charge is 0.456 e. The zero-order valence-electron chi connectivity index (χ0n) is 26.1. The Bertz CT molecular complexity index is 2810. The molecule has 0 N–H and O–H groups in total. The van der Waals surface area contributed by atoms with Crippen LogP contribution in [-0.2, 0) is 6.42 Å². The maximum absolute atomic E-state index is 6.80. The predicted octanol–water partition coefficient (Wildman–Crippen LogP) is 13.2. The van der Waals surface area contributed by atoms with Crippen molar-refractivity contribution >= 4 is 76.2 Å². The lowest BCUT2D eigenvalue weighted by molar-refractivity contribution is 0.663. The Morgan fingerprint density at radius 2 is 1.23 bits per heavy atom. The Kier molecular flexibility index (Phi) is 5.51. The third-order valence-corrected chi connectivity index (χ3v) is 10.1. The molecule has 47 heavy (non-hydrogen) atoms. The summed E-state index contributed by atoms with van der Waals surface area (Å²) >= 11 is 0. The third-order valence-electron chi connectivity index (χ3n) is 10.1. The number of hydrogen-bond donors (Lipinski definition) is 0. The summed E-state index contributed by atoms with van der Waals surface area (Å²) in [6, 6.07) is 46.0. The smallest absolute Gasteiger partial charge is 0.147 e. The monoisotopic (exact) mass is 602 g/mol. The lowest BCUT2D eigenvalue weighted by Crippen LogP contribution is -1.92. The Balaban J connectivity index is 1.37. The van der Waals surface area contributed by atoms with Gasteiger partial charge in [0.1, 0.15) is 22.3 Å². The van der Waals surface area contributed by atoms with Gasteiger partial charge >= 0.3 is 0 Å². The van der Waals surface area contributed by atoms with E-state index in [0.29, 0.717) is 0 Å². The van der Waals surface area contributed by atoms with Crippen LogP contribution in [0.2, 0.25) is 0 Å². The molecular weight excluding hydrogens is 572 g/mol. The predicted molar refractivity (Wildman–Crippen MR) is 199 cm³/mol. The number of hydrogen-bond acceptors (Lipinski definition) is 2. The Morgan fingerprint density at radius 3 is 1.96 bits per heavy atom. The zero-order chi connectivity index (χ0) is 31.2. The molecule has 0 aliphatic carbocycles. The maximum atomic E-state index is 6.80. The molecule has 10 rings (SSSR count). The third kappa shape index (κ3) is 3.73. The Morgan fingerprint density at radius 1 is 0.532 bits per heavy atom. The minimum atomic E-state index is 0.844. The molecule has 8 aromatic carbocycles. The molecule has 0 spiro atoms. The molecule has 0 saturated heterocycles. The van der Waals surface area contributed by atoms with Gasteiger partial charge in [-0.2, -0.15) is 0 Å². The van der Waals surface area contributed by atoms with E-state index < -0.39 is 0 Å². The maximum Gasteiger partial charge on any atom is 0.147 e. The zero-order valence-corrected chi connectivity index (χ0v) is 26.1. The first kappa shape index (κ1) is 26.4. The van der Waals surface area contributed by atoms with Gasteiger partial charge in [-0.15, -0.1) is 0 Å². The van der Waals surface area contributed by atoms with Crippen LogP contribution in [0.4, 0.5) is 0 Å². The molecule has 0 bridgehead atoms. The highest BCUT2D eigenvalue weighted by Gasteiger charge is 2.25. The molecule has 0 aliphatic heterocycles. The van der Waals surface area contributed by atoms with E-state index in [0.717, 1.165) is 56.7 Å². The summed E-state index contributed by atoms with van der Waals surface area (Å²) in [4.78, 5) is 0. The molecule has 2 aromatic heterocycles. The molecule has 0 fully saturated rings. The molecule has 2 nitrogen and oxygen atoms in total. The quantitative estimate of drug-likeness (QED) is 0.111. The van der Waals surface area contributed by atoms with Gasteiger partial charge in [-0.3, -0.25) is 0 Å². The van der Waals surface area contributed by atoms with Gasteiger partial charge in [-0.1, -0.05) is 116 Å². The SMILES string of the molecule is C=C(CC)Cc1ccc2oc3cc4c(-c5c6ccccc6c(-c6ccccc6)c6ccccc56)cc5cccc6oc(c3c2c1)c4c56. The van der Waals surface area contributed by atoms with Crippen LogP contribution in [0.1, 0.15) is 18.9 Å². The van der Waals surface area contributed by atoms with Crippen molar-refractivity contribution in [2.45, 2.75) is 19.8 Å². The topological polar surface area (TPSA) is 26.3 Å². The fourth-order valence-corrected chi connectivity index (χ4v) is 7.94. The van der Waals surface area contributed by atoms with Gasteiger partial charge in [-0.05, 0) is 103 Å². The van der Waals surface area contributed by atoms with Gasteiger partial charge in [0.2, 0.25) is 0 Å². The van der Waals surface area contributed by atoms with Crippen LogP contribution in [0.3, 0.4) is 0 Å². The number of fused-ring (bicyclic) bond motifs is 6. The second-order valence-electron chi connectivity index (χ2n) is 12.8. The average Bonchev–Trinajstić information content (AvgIpc) is 3.68. The molecule has 0 saturated carbocycles. The highest BCUT2D eigenvalue weighted by Crippen LogP contribution is 2.50. The first-order valence-electron chi connectivity index (χ1n) is 16.4. The van der Waals surface area contributed by atoms with E-state index in [9.17, 15) is 0 Å². The van der Waals surface area contributed by atoms with Gasteiger partial charge in [0, 0.05) is 16.2 Å². The second-order valence-corrected chi connectivity index (χ2v) is 12.8. The van der Waals surface area contributed by atoms with E-state index in [4.69, 9.17) is 8.83 Å². The van der Waals surface area contributed by atoms with Gasteiger partial charge in [0.05, 0.1) is 5.39 Å². The van der Waals surface area contributed by atoms with E-state index in [1.807, 2.05) is 0 Å². The molecule has 222 valence electrons. The standard InChI is InChI=1S/C45H30O2/c1-3-26(2)22-27-20-21-37-36(23-27)43-39(46-37)25-35-34(24-29-14-11-19-38-41(29)44(35)45(43)47-38)42-32-17-9-7-15-30(32)40(28-12-5-4-6-13-28)31-16-8-10-18-33(31)42/h4-21,23-25H,2-3,22H2,1H3. The number of allylic oxidation sites excluding steroid dienone is 1. The molecule has 0 unspecified atom stereocenters. The van der Waals surface area contributed by atoms with E-state index in [2.05, 4.69) is 141 Å². The fraction of sp³-hybridized carbons (Fsp3) is 0.0667. The Labute approximate surface area is 271 Å². The summed E-state index contributed by atoms with van der Waals surface area (Å²) in [5.74, 6) is 0. The molecule has 2 heteroatoms. The van der Waals surface area contributed by atoms with Gasteiger partial charge < -0.3 is 8.83 Å². The van der Waals surface area contributed by atoms with E-state index in [1.165, 1.54) is 65.7 Å². The average molecular weight is 603 g/mol. The molecule has 0 radical (unpaired) electrons. The van der Waals surface area contributed by atoms with Crippen LogP contribution < -0.4 is 0 Å². The normalized spacial score (nSPS) is 12.2. The first-order valence-corrected chi connectivity index (χ1v) is 16.4. The highest BCUT2D eigenvalue weighted by atomic mass is 16.3. The summed E-state index contributed by atoms with van der Waals surface area (Å²) in [5, 5.41) is 11.7. The van der Waals surface area contributed by atoms with Crippen molar-refractivity contribution in [1.29, 1.82) is 0 Å². The summed E-state index contributed by atoms with van der Waals surface area (Å²) in [6.45, 7) is 6.42. The summed E-state index contributed by atoms with van der Waals surface area (Å²) < 4.78 is 13.4. The first-order chi connectivity index (χ1) is 23.2. The van der Waals surface area contributed by atoms with Crippen LogP contribution in [0.25, 0.3) is 98.4 Å². The summed E-state index contributed by atoms with van der Waals surface area (Å²) in [5.41, 5.74) is 10.9. The number of furan rings is 2. The lowest BCUT2D eigenvalue weighted by Gasteiger charge is -2.19. The Hall–Kier alpha value is -5.86. The molecule has 0 amide bonds. The second kappa shape index (κ2) is 9.82. The fourth-order valence-electron chi connectivity index (χ4n) is 7.94. The summed E-state index contributed by atoms with van der Waals surface area (Å²) in [7, 11) is 0. The molecular formula is C45H30O2. The summed E-state index contributed by atoms with van der Waals surface area (Å²) in [6.07, 6.45) is 1.82. The van der Waals surface area contributed by atoms with E-state index in [-0.39, 0.29) is 0 Å². The van der Waals surface area contributed by atoms with E-state index >= 15 is 0 Å². The van der Waals surface area contributed by atoms with Crippen molar-refractivity contribution in [3.63, 3.8) is 0 Å². The molecule has 2 heterocycles. The highest BCUT2D eigenvalue weighted by molar-refractivity contribution is 6.35. The molecule has 10 aromatic rings.